The van der Waals surface area contributed by atoms with Crippen molar-refractivity contribution in [1.82, 2.24) is 4.90 Å². The molecule has 1 aliphatic heterocycles. The van der Waals surface area contributed by atoms with E-state index in [1.165, 1.54) is 18.9 Å². The van der Waals surface area contributed by atoms with Gasteiger partial charge in [-0.2, -0.15) is 0 Å². The molecule has 0 atom stereocenters. The number of hydrogen-bond acceptors (Lipinski definition) is 3. The predicted octanol–water partition coefficient (Wildman–Crippen LogP) is 1.61. The number of likely N-dealkylation sites (tertiary alicyclic amines) is 1. The van der Waals surface area contributed by atoms with Gasteiger partial charge in [-0.3, -0.25) is 4.90 Å². The van der Waals surface area contributed by atoms with Crippen LogP contribution in [0.2, 0.25) is 0 Å². The molecule has 0 saturated carbocycles. The molecule has 19 heavy (non-hydrogen) atoms. The lowest BCUT2D eigenvalue weighted by atomic mass is 10.2. The van der Waals surface area contributed by atoms with Crippen LogP contribution in [0.5, 0.6) is 5.75 Å². The van der Waals surface area contributed by atoms with Gasteiger partial charge < -0.3 is 10.5 Å². The van der Waals surface area contributed by atoms with E-state index in [-0.39, 0.29) is 11.6 Å². The van der Waals surface area contributed by atoms with Gasteiger partial charge in [-0.25, -0.2) is 4.39 Å². The third-order valence-electron chi connectivity index (χ3n) is 3.13. The fourth-order valence-electron chi connectivity index (χ4n) is 2.14. The van der Waals surface area contributed by atoms with Crippen LogP contribution in [0.15, 0.2) is 18.2 Å². The van der Waals surface area contributed by atoms with E-state index in [4.69, 9.17) is 10.5 Å². The quantitative estimate of drug-likeness (QED) is 0.838. The Hall–Kier alpha value is -1.57. The van der Waals surface area contributed by atoms with E-state index in [0.29, 0.717) is 13.2 Å². The Morgan fingerprint density at radius 1 is 1.32 bits per heavy atom. The van der Waals surface area contributed by atoms with Gasteiger partial charge >= 0.3 is 0 Å². The second-order valence-electron chi connectivity index (χ2n) is 4.55. The fourth-order valence-corrected chi connectivity index (χ4v) is 2.14. The van der Waals surface area contributed by atoms with Crippen LogP contribution >= 0.6 is 0 Å². The molecule has 0 spiro atoms. The minimum absolute atomic E-state index is 0.267. The number of ether oxygens (including phenoxy) is 1. The van der Waals surface area contributed by atoms with Crippen LogP contribution in [-0.2, 0) is 0 Å². The number of hydrogen-bond donors (Lipinski definition) is 1. The molecule has 1 aromatic carbocycles. The number of benzene rings is 1. The average Bonchev–Trinajstić information content (AvgIpc) is 2.92. The Balaban J connectivity index is 1.90. The molecule has 2 rings (SSSR count). The second kappa shape index (κ2) is 7.13. The highest BCUT2D eigenvalue weighted by Crippen LogP contribution is 2.18. The Labute approximate surface area is 113 Å². The maximum atomic E-state index is 13.6. The van der Waals surface area contributed by atoms with E-state index in [2.05, 4.69) is 16.7 Å². The molecule has 2 N–H and O–H groups in total. The van der Waals surface area contributed by atoms with Crippen LogP contribution in [0, 0.1) is 17.7 Å². The molecule has 0 aromatic heterocycles. The summed E-state index contributed by atoms with van der Waals surface area (Å²) in [4.78, 5) is 2.33. The standard InChI is InChI=1S/C15H19FN2O/c16-14-6-5-13(4-3-7-17)12-15(14)19-11-10-18-8-1-2-9-18/h5-6,12H,1-2,7-11,17H2. The van der Waals surface area contributed by atoms with Gasteiger partial charge in [0.2, 0.25) is 0 Å². The number of halogens is 1. The minimum atomic E-state index is -0.347. The molecule has 0 unspecified atom stereocenters. The van der Waals surface area contributed by atoms with Crippen LogP contribution in [0.3, 0.4) is 0 Å². The van der Waals surface area contributed by atoms with Crippen molar-refractivity contribution >= 4 is 0 Å². The van der Waals surface area contributed by atoms with Gasteiger partial charge in [-0.15, -0.1) is 0 Å². The van der Waals surface area contributed by atoms with Crippen LogP contribution in [-0.4, -0.2) is 37.7 Å². The van der Waals surface area contributed by atoms with Crippen molar-refractivity contribution < 1.29 is 9.13 Å². The van der Waals surface area contributed by atoms with E-state index in [0.717, 1.165) is 25.2 Å². The van der Waals surface area contributed by atoms with E-state index in [1.807, 2.05) is 0 Å². The number of rotatable bonds is 4. The van der Waals surface area contributed by atoms with Gasteiger partial charge in [0.1, 0.15) is 6.61 Å². The van der Waals surface area contributed by atoms with Crippen LogP contribution in [0.25, 0.3) is 0 Å². The highest BCUT2D eigenvalue weighted by Gasteiger charge is 2.11. The van der Waals surface area contributed by atoms with Crippen LogP contribution < -0.4 is 10.5 Å². The zero-order valence-corrected chi connectivity index (χ0v) is 11.0. The summed E-state index contributed by atoms with van der Waals surface area (Å²) in [5.41, 5.74) is 6.03. The zero-order valence-electron chi connectivity index (χ0n) is 11.0. The largest absolute Gasteiger partial charge is 0.489 e. The van der Waals surface area contributed by atoms with E-state index < -0.39 is 0 Å². The lowest BCUT2D eigenvalue weighted by Gasteiger charge is -2.15. The Morgan fingerprint density at radius 2 is 2.11 bits per heavy atom. The summed E-state index contributed by atoms with van der Waals surface area (Å²) >= 11 is 0. The fraction of sp³-hybridized carbons (Fsp3) is 0.467. The van der Waals surface area contributed by atoms with Gasteiger partial charge in [0, 0.05) is 12.1 Å². The van der Waals surface area contributed by atoms with Crippen molar-refractivity contribution in [2.75, 3.05) is 32.8 Å². The molecule has 1 aliphatic rings. The zero-order chi connectivity index (χ0) is 13.5. The van der Waals surface area contributed by atoms with Gasteiger partial charge in [-0.05, 0) is 44.1 Å². The number of nitrogens with zero attached hydrogens (tertiary/aromatic N) is 1. The van der Waals surface area contributed by atoms with Crippen molar-refractivity contribution in [2.45, 2.75) is 12.8 Å². The summed E-state index contributed by atoms with van der Waals surface area (Å²) in [6.07, 6.45) is 2.50. The minimum Gasteiger partial charge on any atom is -0.489 e. The van der Waals surface area contributed by atoms with Crippen molar-refractivity contribution in [3.8, 4) is 17.6 Å². The first-order chi connectivity index (χ1) is 9.29. The molecular formula is C15H19FN2O. The molecule has 102 valence electrons. The highest BCUT2D eigenvalue weighted by molar-refractivity contribution is 5.40. The van der Waals surface area contributed by atoms with Crippen molar-refractivity contribution in [2.24, 2.45) is 5.73 Å². The normalized spacial score (nSPS) is 15.1. The van der Waals surface area contributed by atoms with Crippen molar-refractivity contribution in [1.29, 1.82) is 0 Å². The molecule has 1 aromatic rings. The molecule has 1 fully saturated rings. The lowest BCUT2D eigenvalue weighted by Crippen LogP contribution is -2.25. The lowest BCUT2D eigenvalue weighted by molar-refractivity contribution is 0.231. The Kier molecular flexibility index (Phi) is 5.20. The Bertz CT molecular complexity index is 473. The topological polar surface area (TPSA) is 38.5 Å². The summed E-state index contributed by atoms with van der Waals surface area (Å²) < 4.78 is 19.1. The molecule has 4 heteroatoms. The molecular weight excluding hydrogens is 243 g/mol. The first-order valence-corrected chi connectivity index (χ1v) is 6.63. The van der Waals surface area contributed by atoms with Gasteiger partial charge in [0.05, 0.1) is 6.54 Å². The van der Waals surface area contributed by atoms with E-state index in [9.17, 15) is 4.39 Å². The van der Waals surface area contributed by atoms with E-state index in [1.54, 1.807) is 12.1 Å². The molecule has 1 saturated heterocycles. The summed E-state index contributed by atoms with van der Waals surface area (Å²) in [6, 6.07) is 4.64. The third kappa shape index (κ3) is 4.23. The van der Waals surface area contributed by atoms with Crippen LogP contribution in [0.1, 0.15) is 18.4 Å². The van der Waals surface area contributed by atoms with Gasteiger partial charge in [0.25, 0.3) is 0 Å². The van der Waals surface area contributed by atoms with Gasteiger partial charge in [-0.1, -0.05) is 11.8 Å². The maximum absolute atomic E-state index is 13.6. The average molecular weight is 262 g/mol. The monoisotopic (exact) mass is 262 g/mol. The molecule has 3 nitrogen and oxygen atoms in total. The molecule has 1 heterocycles. The van der Waals surface area contributed by atoms with Crippen molar-refractivity contribution in [3.63, 3.8) is 0 Å². The maximum Gasteiger partial charge on any atom is 0.165 e. The van der Waals surface area contributed by atoms with Gasteiger partial charge in [0.15, 0.2) is 11.6 Å². The summed E-state index contributed by atoms with van der Waals surface area (Å²) in [7, 11) is 0. The summed E-state index contributed by atoms with van der Waals surface area (Å²) in [5.74, 6) is 5.53. The molecule has 0 bridgehead atoms. The SMILES string of the molecule is NCC#Cc1ccc(F)c(OCCN2CCCC2)c1. The summed E-state index contributed by atoms with van der Waals surface area (Å²) in [5, 5.41) is 0. The smallest absolute Gasteiger partial charge is 0.165 e. The predicted molar refractivity (Wildman–Crippen MR) is 73.5 cm³/mol. The molecule has 0 aliphatic carbocycles. The van der Waals surface area contributed by atoms with E-state index >= 15 is 0 Å². The first kappa shape index (κ1) is 13.9. The van der Waals surface area contributed by atoms with Crippen molar-refractivity contribution in [3.05, 3.63) is 29.6 Å². The van der Waals surface area contributed by atoms with Crippen LogP contribution in [0.4, 0.5) is 4.39 Å². The highest BCUT2D eigenvalue weighted by atomic mass is 19.1. The molecule has 0 amide bonds. The second-order valence-corrected chi connectivity index (χ2v) is 4.55. The number of nitrogens with two attached hydrogens (primary N) is 1. The third-order valence-corrected chi connectivity index (χ3v) is 3.13. The Morgan fingerprint density at radius 3 is 2.84 bits per heavy atom. The molecule has 0 radical (unpaired) electrons. The summed E-state index contributed by atoms with van der Waals surface area (Å²) in [6.45, 7) is 3.88. The first-order valence-electron chi connectivity index (χ1n) is 6.63.